The average molecular weight is 596 g/mol. The van der Waals surface area contributed by atoms with Crippen LogP contribution in [0.25, 0.3) is 17.1 Å². The van der Waals surface area contributed by atoms with Crippen LogP contribution >= 0.6 is 0 Å². The van der Waals surface area contributed by atoms with Gasteiger partial charge >= 0.3 is 0 Å². The Morgan fingerprint density at radius 3 is 2.64 bits per heavy atom. The van der Waals surface area contributed by atoms with E-state index in [-0.39, 0.29) is 0 Å². The van der Waals surface area contributed by atoms with E-state index in [4.69, 9.17) is 9.97 Å². The summed E-state index contributed by atoms with van der Waals surface area (Å²) in [7, 11) is 0. The highest BCUT2D eigenvalue weighted by molar-refractivity contribution is 5.72. The molecule has 1 N–H and O–H groups in total. The van der Waals surface area contributed by atoms with Gasteiger partial charge in [-0.3, -0.25) is 9.98 Å². The van der Waals surface area contributed by atoms with Gasteiger partial charge in [-0.1, -0.05) is 80.6 Å². The van der Waals surface area contributed by atoms with Crippen molar-refractivity contribution < 1.29 is 0 Å². The van der Waals surface area contributed by atoms with Crippen LogP contribution in [-0.2, 0) is 6.54 Å². The van der Waals surface area contributed by atoms with Gasteiger partial charge in [0.05, 0.1) is 12.6 Å². The molecule has 3 aliphatic rings. The molecular formula is C38H41N7. The van der Waals surface area contributed by atoms with E-state index in [0.29, 0.717) is 36.0 Å². The summed E-state index contributed by atoms with van der Waals surface area (Å²) in [6, 6.07) is 16.8. The number of anilines is 1. The third kappa shape index (κ3) is 7.09. The van der Waals surface area contributed by atoms with Crippen LogP contribution in [0.4, 0.5) is 5.69 Å². The molecule has 1 aliphatic carbocycles. The maximum absolute atomic E-state index is 4.81. The minimum absolute atomic E-state index is 0.333. The molecule has 0 saturated heterocycles. The Balaban J connectivity index is 1.15. The lowest BCUT2D eigenvalue weighted by molar-refractivity contribution is 0.600. The van der Waals surface area contributed by atoms with Crippen molar-refractivity contribution in [3.8, 4) is 11.5 Å². The standard InChI is InChI=1S/C38H41N7/c1-3-5-10-24-39-27-35-42-36(44-37(43-35)33-19-9-11-25-40-33)29-22-20-28(21-23-29)14-12-17-31-32-18-13-26-41-38(32)45(34(31)4-2)30-15-7-6-8-16-30/h5-11,13,15-20,22-25,28,34,41H,3-4,12,14,21,26-27H2,1-2H3/b10-5-,31-17-,39-24-. The molecule has 0 saturated carbocycles. The van der Waals surface area contributed by atoms with E-state index in [1.807, 2.05) is 24.3 Å². The zero-order chi connectivity index (χ0) is 30.8. The Bertz CT molecular complexity index is 1680. The van der Waals surface area contributed by atoms with E-state index in [1.54, 1.807) is 12.4 Å². The number of hydrogen-bond donors (Lipinski definition) is 1. The number of rotatable bonds is 11. The van der Waals surface area contributed by atoms with Gasteiger partial charge in [0.1, 0.15) is 11.5 Å². The molecule has 6 rings (SSSR count). The van der Waals surface area contributed by atoms with E-state index >= 15 is 0 Å². The first-order valence-corrected chi connectivity index (χ1v) is 16.1. The van der Waals surface area contributed by atoms with Crippen molar-refractivity contribution in [1.29, 1.82) is 0 Å². The van der Waals surface area contributed by atoms with E-state index < -0.39 is 0 Å². The number of nitrogens with one attached hydrogen (secondary N) is 1. The fraction of sp³-hybridized carbons (Fsp3) is 0.289. The second-order valence-electron chi connectivity index (χ2n) is 11.4. The van der Waals surface area contributed by atoms with Gasteiger partial charge in [-0.2, -0.15) is 0 Å². The topological polar surface area (TPSA) is 79.2 Å². The Kier molecular flexibility index (Phi) is 9.85. The van der Waals surface area contributed by atoms with Crippen molar-refractivity contribution in [2.24, 2.45) is 10.9 Å². The summed E-state index contributed by atoms with van der Waals surface area (Å²) in [5, 5.41) is 3.65. The SMILES string of the molecule is CC/C=C\C=N/Cc1nc(C2=CCC(CC/C=C3/C4=C(NCC=C4)N(c4ccccc4)C3CC)C=C2)nc(-c2ccccn2)n1. The summed E-state index contributed by atoms with van der Waals surface area (Å²) < 4.78 is 0. The summed E-state index contributed by atoms with van der Waals surface area (Å²) in [6.07, 6.45) is 26.5. The number of pyridine rings is 1. The Labute approximate surface area is 266 Å². The third-order valence-electron chi connectivity index (χ3n) is 8.29. The van der Waals surface area contributed by atoms with Gasteiger partial charge in [0.25, 0.3) is 0 Å². The van der Waals surface area contributed by atoms with Gasteiger partial charge in [0.2, 0.25) is 0 Å². The quantitative estimate of drug-likeness (QED) is 0.228. The zero-order valence-electron chi connectivity index (χ0n) is 26.2. The molecule has 228 valence electrons. The molecule has 7 heteroatoms. The lowest BCUT2D eigenvalue weighted by atomic mass is 9.90. The molecule has 0 radical (unpaired) electrons. The average Bonchev–Trinajstić information content (AvgIpc) is 3.42. The highest BCUT2D eigenvalue weighted by Gasteiger charge is 2.35. The number of aromatic nitrogens is 4. The van der Waals surface area contributed by atoms with Crippen molar-refractivity contribution in [3.05, 3.63) is 132 Å². The van der Waals surface area contributed by atoms with E-state index in [0.717, 1.165) is 49.9 Å². The van der Waals surface area contributed by atoms with Crippen LogP contribution in [0.3, 0.4) is 0 Å². The lowest BCUT2D eigenvalue weighted by Gasteiger charge is -2.30. The molecule has 2 aromatic heterocycles. The monoisotopic (exact) mass is 595 g/mol. The predicted molar refractivity (Wildman–Crippen MR) is 184 cm³/mol. The van der Waals surface area contributed by atoms with Gasteiger partial charge in [-0.25, -0.2) is 15.0 Å². The first-order valence-electron chi connectivity index (χ1n) is 16.1. The van der Waals surface area contributed by atoms with Crippen molar-refractivity contribution in [2.75, 3.05) is 11.4 Å². The molecule has 2 unspecified atom stereocenters. The minimum Gasteiger partial charge on any atom is -0.367 e. The number of dihydropyridines is 1. The second kappa shape index (κ2) is 14.7. The predicted octanol–water partition coefficient (Wildman–Crippen LogP) is 7.81. The van der Waals surface area contributed by atoms with Crippen molar-refractivity contribution in [1.82, 2.24) is 25.3 Å². The number of para-hydroxylation sites is 1. The largest absolute Gasteiger partial charge is 0.367 e. The smallest absolute Gasteiger partial charge is 0.182 e. The summed E-state index contributed by atoms with van der Waals surface area (Å²) >= 11 is 0. The van der Waals surface area contributed by atoms with Gasteiger partial charge in [-0.05, 0) is 73.9 Å². The third-order valence-corrected chi connectivity index (χ3v) is 8.29. The number of nitrogens with zero attached hydrogens (tertiary/aromatic N) is 6. The number of hydrogen-bond acceptors (Lipinski definition) is 7. The van der Waals surface area contributed by atoms with Crippen molar-refractivity contribution in [3.63, 3.8) is 0 Å². The van der Waals surface area contributed by atoms with Crippen LogP contribution in [0.15, 0.2) is 125 Å². The first kappa shape index (κ1) is 30.1. The van der Waals surface area contributed by atoms with Gasteiger partial charge < -0.3 is 10.2 Å². The van der Waals surface area contributed by atoms with Crippen LogP contribution in [0, 0.1) is 5.92 Å². The Morgan fingerprint density at radius 1 is 1.00 bits per heavy atom. The molecule has 2 aliphatic heterocycles. The van der Waals surface area contributed by atoms with Crippen LogP contribution in [0.2, 0.25) is 0 Å². The van der Waals surface area contributed by atoms with Gasteiger partial charge in [-0.15, -0.1) is 0 Å². The Hall–Kier alpha value is -4.91. The first-order chi connectivity index (χ1) is 22.2. The summed E-state index contributed by atoms with van der Waals surface area (Å²) in [4.78, 5) is 25.7. The molecule has 0 bridgehead atoms. The molecule has 3 aromatic rings. The number of allylic oxidation sites excluding steroid dienone is 8. The van der Waals surface area contributed by atoms with Crippen molar-refractivity contribution in [2.45, 2.75) is 58.5 Å². The molecule has 0 fully saturated rings. The van der Waals surface area contributed by atoms with E-state index in [2.05, 4.69) is 112 Å². The van der Waals surface area contributed by atoms with E-state index in [1.165, 1.54) is 22.7 Å². The molecule has 2 atom stereocenters. The number of benzene rings is 1. The lowest BCUT2D eigenvalue weighted by Crippen LogP contribution is -2.36. The highest BCUT2D eigenvalue weighted by atomic mass is 15.3. The molecule has 1 aromatic carbocycles. The molecule has 7 nitrogen and oxygen atoms in total. The molecule has 4 heterocycles. The van der Waals surface area contributed by atoms with Crippen LogP contribution in [-0.4, -0.2) is 38.7 Å². The fourth-order valence-corrected chi connectivity index (χ4v) is 6.09. The second-order valence-corrected chi connectivity index (χ2v) is 11.4. The summed E-state index contributed by atoms with van der Waals surface area (Å²) in [5.41, 5.74) is 5.76. The Morgan fingerprint density at radius 2 is 1.87 bits per heavy atom. The minimum atomic E-state index is 0.333. The maximum Gasteiger partial charge on any atom is 0.182 e. The number of aliphatic imine (C=N–C) groups is 1. The molecule has 0 spiro atoms. The molecular weight excluding hydrogens is 554 g/mol. The van der Waals surface area contributed by atoms with Crippen molar-refractivity contribution >= 4 is 17.5 Å². The highest BCUT2D eigenvalue weighted by Crippen LogP contribution is 2.40. The van der Waals surface area contributed by atoms with Gasteiger partial charge in [0, 0.05) is 35.8 Å². The summed E-state index contributed by atoms with van der Waals surface area (Å²) in [6.45, 7) is 5.64. The van der Waals surface area contributed by atoms with Crippen LogP contribution < -0.4 is 10.2 Å². The molecule has 0 amide bonds. The van der Waals surface area contributed by atoms with Crippen LogP contribution in [0.1, 0.15) is 57.6 Å². The maximum atomic E-state index is 4.81. The molecule has 45 heavy (non-hydrogen) atoms. The van der Waals surface area contributed by atoms with Gasteiger partial charge in [0.15, 0.2) is 17.5 Å². The van der Waals surface area contributed by atoms with Crippen LogP contribution in [0.5, 0.6) is 0 Å². The normalized spacial score (nSPS) is 20.4. The zero-order valence-corrected chi connectivity index (χ0v) is 26.2. The fourth-order valence-electron chi connectivity index (χ4n) is 6.09. The summed E-state index contributed by atoms with van der Waals surface area (Å²) in [5.74, 6) is 3.58. The van der Waals surface area contributed by atoms with E-state index in [9.17, 15) is 0 Å².